The molecular weight excluding hydrogens is 1880 g/mol. The normalized spacial score (nSPS) is 21.5. The number of likely N-dealkylation sites (N-methyl/N-ethyl adjacent to an activating group) is 1. The fourth-order valence-electron chi connectivity index (χ4n) is 22.7. The topological polar surface area (TPSA) is 459 Å². The molecule has 10 amide bonds. The van der Waals surface area contributed by atoms with Crippen molar-refractivity contribution in [2.24, 2.45) is 40.2 Å². The van der Waals surface area contributed by atoms with E-state index in [1.807, 2.05) is 110 Å². The third-order valence-electron chi connectivity index (χ3n) is 30.8. The van der Waals surface area contributed by atoms with E-state index in [1.165, 1.54) is 5.56 Å². The second-order valence-corrected chi connectivity index (χ2v) is 42.8. The number of ether oxygens (including phenoxy) is 9. The summed E-state index contributed by atoms with van der Waals surface area (Å²) in [7, 11) is 8.18. The van der Waals surface area contributed by atoms with Crippen LogP contribution in [0.1, 0.15) is 241 Å². The van der Waals surface area contributed by atoms with E-state index in [4.69, 9.17) is 48.4 Å². The number of phenols is 1. The van der Waals surface area contributed by atoms with Crippen LogP contribution in [0.3, 0.4) is 0 Å². The summed E-state index contributed by atoms with van der Waals surface area (Å²) in [5, 5.41) is 35.1. The zero-order valence-electron chi connectivity index (χ0n) is 88.5. The molecule has 4 aromatic rings. The van der Waals surface area contributed by atoms with Crippen molar-refractivity contribution >= 4 is 87.6 Å². The van der Waals surface area contributed by atoms with Crippen molar-refractivity contribution in [3.05, 3.63) is 135 Å². The summed E-state index contributed by atoms with van der Waals surface area (Å²) in [5.41, 5.74) is 28.2. The van der Waals surface area contributed by atoms with Crippen LogP contribution in [0.25, 0.3) is 11.4 Å². The number of allylic oxidation sites excluding steroid dienone is 1. The number of nitrogens with one attached hydrogen (secondary N) is 11. The van der Waals surface area contributed by atoms with Gasteiger partial charge in [-0.3, -0.25) is 63.3 Å². The molecule has 2 fully saturated rings. The number of urea groups is 1. The summed E-state index contributed by atoms with van der Waals surface area (Å²) in [4.78, 5) is 155. The maximum absolute atomic E-state index is 15.1. The number of carbonyl (C=O) groups is 11. The van der Waals surface area contributed by atoms with Gasteiger partial charge < -0.3 is 106 Å². The van der Waals surface area contributed by atoms with Crippen LogP contribution in [0.5, 0.6) is 5.75 Å². The molecule has 10 atom stereocenters. The number of para-hydroxylation sites is 1. The average molecular weight is 2050 g/mol. The van der Waals surface area contributed by atoms with E-state index in [1.54, 1.807) is 24.8 Å². The Hall–Kier alpha value is -10.6. The summed E-state index contributed by atoms with van der Waals surface area (Å²) < 4.78 is 53.0. The molecule has 147 heavy (non-hydrogen) atoms. The van der Waals surface area contributed by atoms with Crippen LogP contribution >= 0.6 is 0 Å². The van der Waals surface area contributed by atoms with E-state index in [-0.39, 0.29) is 169 Å². The van der Waals surface area contributed by atoms with E-state index in [9.17, 15) is 53.1 Å². The van der Waals surface area contributed by atoms with Gasteiger partial charge in [0.05, 0.1) is 192 Å². The Kier molecular flexibility index (Phi) is 44.1. The van der Waals surface area contributed by atoms with Crippen LogP contribution in [0.2, 0.25) is 0 Å². The van der Waals surface area contributed by atoms with Gasteiger partial charge in [-0.05, 0) is 196 Å². The summed E-state index contributed by atoms with van der Waals surface area (Å²) in [6, 6.07) is 24.2. The van der Waals surface area contributed by atoms with Gasteiger partial charge in [0.25, 0.3) is 0 Å². The summed E-state index contributed by atoms with van der Waals surface area (Å²) in [5.74, 6) is -4.46. The number of fused-ring (bicyclic) bond motifs is 10. The van der Waals surface area contributed by atoms with Gasteiger partial charge in [0, 0.05) is 88.0 Å². The standard InChI is InChI=1S/C110H164N16O21/c1-75(2)98(90(129)70-78(25-20-50-114-106(111)138)102(134)115-80-37-33-76-35-40-92-107(3,85(76)71-80)45-22-47-109(92,5)104(136)118-105(137)110(6)48-23-46-108(4)86-72-82(128)38-34-77(86)36-41-93(108)110)117-103(135)87(29-18-19-49-112-96(132)74-147-91-32-13-11-12-31-89-100(91)120-122-125(89)52-57-142-61-65-146-69-68-144-63-59-140-55-43-94(130)113-51-53-126(8,9)10)116-95(131)44-56-141-60-64-145-67-66-143-62-58-139-54-21-26-81(127)39-42-97(133)124-73-79-24-14-15-27-83(79)101-99(119-121-123(101)7)84-28-16-17-30-88(84)124/h14-17,24,27-28,30,33-34,37-38,71-72,75,78,87,91-93,98,119-122H,11-13,18-23,25-26,29,31-32,35-36,39-70,73-74H2,1-10H3,(H9-,111,112,113,114,115,116,117,118,128,130,131,132,134,135,136,137,138)/p+1/t78-,87-,91?,92-,93-,98+,107-,108-,109+,110+/m1/s1. The average Bonchev–Trinajstić information content (AvgIpc) is 1.15. The first-order valence-corrected chi connectivity index (χ1v) is 53.5. The van der Waals surface area contributed by atoms with Crippen LogP contribution in [-0.4, -0.2) is 276 Å². The SMILES string of the molecule is CC(C)[C@H](NC(=O)[C@@H](CCCCNC(=O)COC1CCCCCC2=C1NNN2CCOCCOCCOCCOCCC(=O)NCC[N+](C)(C)C)NC(=O)CCOCCOCCOCCOCCCC(=O)CCC(=O)N1Cc2ccccc2C2=C(NNN2C)c2ccccc21)C(=O)C[C@@H](CCCNC(N)=O)C(=O)Nc1ccc2c(c1)[C@@]1(C)CCC[C@](C)(C(=O)NC(=O)[C@@]3(C)CCC[C@]4(C)c5cc(O)ccc5CC[C@@H]34)[C@@H]1CC2. The lowest BCUT2D eigenvalue weighted by molar-refractivity contribution is -0.869. The number of quaternary nitrogens is 1. The van der Waals surface area contributed by atoms with Gasteiger partial charge in [-0.1, -0.05) is 122 Å². The molecule has 2 saturated carbocycles. The quantitative estimate of drug-likeness (QED) is 0.0111. The van der Waals surface area contributed by atoms with Gasteiger partial charge >= 0.3 is 6.03 Å². The van der Waals surface area contributed by atoms with Crippen molar-refractivity contribution in [2.45, 2.75) is 250 Å². The minimum Gasteiger partial charge on any atom is -0.508 e. The van der Waals surface area contributed by atoms with E-state index >= 15 is 4.79 Å². The minimum atomic E-state index is -1.14. The Morgan fingerprint density at radius 1 is 0.531 bits per heavy atom. The number of hydrazine groups is 4. The first-order chi connectivity index (χ1) is 70.7. The number of imide groups is 1. The number of hydrogen-bond acceptors (Lipinski definition) is 27. The smallest absolute Gasteiger partial charge is 0.312 e. The predicted octanol–water partition coefficient (Wildman–Crippen LogP) is 9.71. The van der Waals surface area contributed by atoms with Gasteiger partial charge in [-0.2, -0.15) is 0 Å². The number of amides is 10. The predicted molar refractivity (Wildman–Crippen MR) is 557 cm³/mol. The van der Waals surface area contributed by atoms with E-state index in [2.05, 4.69) is 94.1 Å². The molecule has 3 aliphatic heterocycles. The molecule has 3 heterocycles. The van der Waals surface area contributed by atoms with E-state index < -0.39 is 69.7 Å². The van der Waals surface area contributed by atoms with E-state index in [0.29, 0.717) is 156 Å². The number of nitrogens with two attached hydrogens (primary N) is 1. The minimum absolute atomic E-state index is 0.00723. The number of hydrogen-bond donors (Lipinski definition) is 13. The van der Waals surface area contributed by atoms with Gasteiger partial charge in [-0.15, -0.1) is 11.1 Å². The van der Waals surface area contributed by atoms with Gasteiger partial charge in [0.1, 0.15) is 30.3 Å². The highest BCUT2D eigenvalue weighted by Crippen LogP contribution is 2.60. The second-order valence-electron chi connectivity index (χ2n) is 42.8. The lowest BCUT2D eigenvalue weighted by atomic mass is 9.49. The molecule has 0 saturated heterocycles. The summed E-state index contributed by atoms with van der Waals surface area (Å²) >= 11 is 0. The number of aromatic hydroxyl groups is 1. The van der Waals surface area contributed by atoms with Crippen LogP contribution < -0.4 is 69.8 Å². The van der Waals surface area contributed by atoms with Crippen molar-refractivity contribution in [1.82, 2.24) is 63.8 Å². The molecule has 1 unspecified atom stereocenters. The van der Waals surface area contributed by atoms with Crippen molar-refractivity contribution < 1.29 is 105 Å². The van der Waals surface area contributed by atoms with Gasteiger partial charge in [0.15, 0.2) is 5.78 Å². The number of phenolic OH excluding ortho intramolecular Hbond substituents is 1. The highest BCUT2D eigenvalue weighted by molar-refractivity contribution is 6.04. The molecule has 14 N–H and O–H groups in total. The first kappa shape index (κ1) is 115. The number of aryl methyl sites for hydroxylation is 2. The highest BCUT2D eigenvalue weighted by Gasteiger charge is 2.59. The third kappa shape index (κ3) is 32.5. The molecule has 8 aliphatic rings. The number of ketones is 2. The Balaban J connectivity index is 0.596. The zero-order chi connectivity index (χ0) is 105. The second kappa shape index (κ2) is 56.4. The lowest BCUT2D eigenvalue weighted by Gasteiger charge is -2.56. The maximum Gasteiger partial charge on any atom is 0.312 e. The summed E-state index contributed by atoms with van der Waals surface area (Å²) in [6.07, 6.45) is 13.5. The molecule has 37 heteroatoms. The fraction of sp³-hybridized carbons (Fsp3) is 0.645. The number of Topliss-reactive ketones (excluding diaryl/α,β-unsaturated/α-hetero) is 2. The fourth-order valence-corrected chi connectivity index (χ4v) is 22.7. The lowest BCUT2D eigenvalue weighted by Crippen LogP contribution is -2.60. The Labute approximate surface area is 867 Å². The molecule has 5 aliphatic carbocycles. The highest BCUT2D eigenvalue weighted by atomic mass is 16.6. The maximum atomic E-state index is 15.1. The molecule has 0 spiro atoms. The van der Waals surface area contributed by atoms with Gasteiger partial charge in [-0.25, -0.2) is 4.79 Å². The van der Waals surface area contributed by atoms with Crippen LogP contribution in [0, 0.1) is 34.5 Å². The molecule has 37 nitrogen and oxygen atoms in total. The van der Waals surface area contributed by atoms with Crippen molar-refractivity contribution in [1.29, 1.82) is 0 Å². The third-order valence-corrected chi connectivity index (χ3v) is 30.8. The molecule has 12 rings (SSSR count). The number of rotatable bonds is 60. The number of benzene rings is 4. The molecule has 810 valence electrons. The molecule has 0 aromatic heterocycles. The largest absolute Gasteiger partial charge is 0.508 e. The Bertz CT molecular complexity index is 5170. The molecule has 4 aromatic carbocycles. The Morgan fingerprint density at radius 2 is 1.12 bits per heavy atom. The number of unbranched alkanes of at least 4 members (excludes halogenated alkanes) is 1. The number of anilines is 2. The Morgan fingerprint density at radius 3 is 1.76 bits per heavy atom. The van der Waals surface area contributed by atoms with Crippen molar-refractivity contribution in [2.75, 3.05) is 183 Å². The van der Waals surface area contributed by atoms with E-state index in [0.717, 1.165) is 137 Å². The number of primary amides is 1. The van der Waals surface area contributed by atoms with Crippen LogP contribution in [0.15, 0.2) is 96.3 Å². The van der Waals surface area contributed by atoms with Gasteiger partial charge in [0.2, 0.25) is 47.3 Å². The van der Waals surface area contributed by atoms with Crippen molar-refractivity contribution in [3.8, 4) is 5.75 Å². The zero-order valence-corrected chi connectivity index (χ0v) is 88.5. The number of nitrogens with zero attached hydrogens (tertiary/aromatic N) is 4. The summed E-state index contributed by atoms with van der Waals surface area (Å²) in [6.45, 7) is 19.5. The van der Waals surface area contributed by atoms with Crippen LogP contribution in [-0.2, 0) is 121 Å². The molecule has 0 bridgehead atoms. The monoisotopic (exact) mass is 2050 g/mol. The van der Waals surface area contributed by atoms with Crippen molar-refractivity contribution in [3.63, 3.8) is 0 Å². The first-order valence-electron chi connectivity index (χ1n) is 53.5. The van der Waals surface area contributed by atoms with Crippen LogP contribution in [0.4, 0.5) is 16.2 Å². The molecular formula is C110H165N16O21+. The molecule has 0 radical (unpaired) electrons. The number of carbonyl (C=O) groups excluding carboxylic acids is 11.